The van der Waals surface area contributed by atoms with Gasteiger partial charge in [-0.05, 0) is 29.7 Å². The molecule has 6 heteroatoms. The molecule has 0 bridgehead atoms. The topological polar surface area (TPSA) is 81.2 Å². The highest BCUT2D eigenvalue weighted by Crippen LogP contribution is 2.26. The van der Waals surface area contributed by atoms with E-state index >= 15 is 0 Å². The fraction of sp³-hybridized carbons (Fsp3) is 0.500. The molecule has 1 aromatic rings. The minimum atomic E-state index is -0.419. The maximum atomic E-state index is 10.9. The van der Waals surface area contributed by atoms with Crippen molar-refractivity contribution in [1.82, 2.24) is 0 Å². The summed E-state index contributed by atoms with van der Waals surface area (Å²) in [6.45, 7) is 4.38. The standard InChI is InChI=1S/C12H19N3O2S/c1-9(2)5-6-18-8-10-3-4-11(14-13)12(7-10)15(16)17/h3-4,7,9,14H,5-6,8,13H2,1-2H3. The number of anilines is 1. The molecule has 0 spiro atoms. The number of nitrogens with two attached hydrogens (primary N) is 1. The third-order valence-corrected chi connectivity index (χ3v) is 3.58. The molecule has 5 nitrogen and oxygen atoms in total. The van der Waals surface area contributed by atoms with Crippen LogP contribution in [-0.4, -0.2) is 10.7 Å². The molecule has 0 fully saturated rings. The van der Waals surface area contributed by atoms with Gasteiger partial charge in [0, 0.05) is 11.8 Å². The van der Waals surface area contributed by atoms with Gasteiger partial charge in [0.2, 0.25) is 0 Å². The first kappa shape index (κ1) is 14.8. The molecule has 0 amide bonds. The Bertz CT molecular complexity index is 410. The second kappa shape index (κ2) is 7.23. The SMILES string of the molecule is CC(C)CCSCc1ccc(NN)c([N+](=O)[O-])c1. The van der Waals surface area contributed by atoms with Crippen molar-refractivity contribution < 1.29 is 4.92 Å². The molecule has 100 valence electrons. The first-order chi connectivity index (χ1) is 8.54. The van der Waals surface area contributed by atoms with Crippen LogP contribution in [0.5, 0.6) is 0 Å². The maximum absolute atomic E-state index is 10.9. The van der Waals surface area contributed by atoms with Crippen LogP contribution in [0.25, 0.3) is 0 Å². The van der Waals surface area contributed by atoms with Crippen LogP contribution in [-0.2, 0) is 5.75 Å². The van der Waals surface area contributed by atoms with Crippen LogP contribution in [0.3, 0.4) is 0 Å². The molecule has 0 saturated heterocycles. The van der Waals surface area contributed by atoms with Crippen LogP contribution in [0, 0.1) is 16.0 Å². The van der Waals surface area contributed by atoms with Crippen LogP contribution < -0.4 is 11.3 Å². The second-order valence-electron chi connectivity index (χ2n) is 4.49. The van der Waals surface area contributed by atoms with E-state index in [2.05, 4.69) is 19.3 Å². The molecule has 0 saturated carbocycles. The Morgan fingerprint density at radius 1 is 1.50 bits per heavy atom. The first-order valence-corrected chi connectivity index (χ1v) is 7.01. The summed E-state index contributed by atoms with van der Waals surface area (Å²) >= 11 is 1.79. The number of thioether (sulfide) groups is 1. The third-order valence-electron chi connectivity index (χ3n) is 2.52. The van der Waals surface area contributed by atoms with Gasteiger partial charge in [0.05, 0.1) is 4.92 Å². The largest absolute Gasteiger partial charge is 0.318 e. The summed E-state index contributed by atoms with van der Waals surface area (Å²) in [5.41, 5.74) is 3.66. The van der Waals surface area contributed by atoms with E-state index in [4.69, 9.17) is 5.84 Å². The summed E-state index contributed by atoms with van der Waals surface area (Å²) in [5, 5.41) is 10.9. The Kier molecular flexibility index (Phi) is 5.94. The number of nitrogens with zero attached hydrogens (tertiary/aromatic N) is 1. The van der Waals surface area contributed by atoms with Crippen molar-refractivity contribution in [3.63, 3.8) is 0 Å². The van der Waals surface area contributed by atoms with Gasteiger partial charge in [-0.15, -0.1) is 0 Å². The van der Waals surface area contributed by atoms with Crippen molar-refractivity contribution in [1.29, 1.82) is 0 Å². The molecule has 0 heterocycles. The van der Waals surface area contributed by atoms with Gasteiger partial charge >= 0.3 is 0 Å². The number of hydrazine groups is 1. The summed E-state index contributed by atoms with van der Waals surface area (Å²) in [5.74, 6) is 7.79. The minimum absolute atomic E-state index is 0.0273. The molecule has 18 heavy (non-hydrogen) atoms. The zero-order valence-electron chi connectivity index (χ0n) is 10.7. The Morgan fingerprint density at radius 2 is 2.22 bits per heavy atom. The quantitative estimate of drug-likeness (QED) is 0.344. The monoisotopic (exact) mass is 269 g/mol. The molecular formula is C12H19N3O2S. The predicted molar refractivity (Wildman–Crippen MR) is 76.5 cm³/mol. The zero-order valence-corrected chi connectivity index (χ0v) is 11.5. The van der Waals surface area contributed by atoms with E-state index < -0.39 is 4.92 Å². The molecule has 0 aliphatic heterocycles. The number of rotatable bonds is 7. The lowest BCUT2D eigenvalue weighted by atomic mass is 10.2. The summed E-state index contributed by atoms with van der Waals surface area (Å²) in [4.78, 5) is 10.4. The first-order valence-electron chi connectivity index (χ1n) is 5.86. The fourth-order valence-corrected chi connectivity index (χ4v) is 2.65. The molecule has 0 aromatic heterocycles. The second-order valence-corrected chi connectivity index (χ2v) is 5.59. The lowest BCUT2D eigenvalue weighted by molar-refractivity contribution is -0.384. The van der Waals surface area contributed by atoms with Gasteiger partial charge in [-0.2, -0.15) is 11.8 Å². The number of benzene rings is 1. The summed E-state index contributed by atoms with van der Waals surface area (Å²) in [7, 11) is 0. The van der Waals surface area contributed by atoms with E-state index in [1.807, 2.05) is 6.07 Å². The van der Waals surface area contributed by atoms with E-state index in [1.165, 1.54) is 0 Å². The molecule has 0 unspecified atom stereocenters. The Morgan fingerprint density at radius 3 is 2.78 bits per heavy atom. The van der Waals surface area contributed by atoms with E-state index in [9.17, 15) is 10.1 Å². The van der Waals surface area contributed by atoms with Gasteiger partial charge in [-0.1, -0.05) is 19.9 Å². The summed E-state index contributed by atoms with van der Waals surface area (Å²) in [6.07, 6.45) is 1.16. The highest BCUT2D eigenvalue weighted by atomic mass is 32.2. The number of nitrogens with one attached hydrogen (secondary N) is 1. The molecule has 1 aromatic carbocycles. The number of nitro benzene ring substituents is 1. The van der Waals surface area contributed by atoms with E-state index in [0.29, 0.717) is 11.6 Å². The average Bonchev–Trinajstić information content (AvgIpc) is 2.34. The van der Waals surface area contributed by atoms with Crippen LogP contribution >= 0.6 is 11.8 Å². The predicted octanol–water partition coefficient (Wildman–Crippen LogP) is 3.16. The smallest absolute Gasteiger partial charge is 0.293 e. The Labute approximate surface area is 111 Å². The molecule has 0 aliphatic rings. The highest BCUT2D eigenvalue weighted by molar-refractivity contribution is 7.98. The molecule has 0 aliphatic carbocycles. The van der Waals surface area contributed by atoms with Crippen molar-refractivity contribution in [2.45, 2.75) is 26.0 Å². The van der Waals surface area contributed by atoms with E-state index in [1.54, 1.807) is 23.9 Å². The van der Waals surface area contributed by atoms with Crippen LogP contribution in [0.2, 0.25) is 0 Å². The van der Waals surface area contributed by atoms with Crippen molar-refractivity contribution in [2.75, 3.05) is 11.2 Å². The van der Waals surface area contributed by atoms with Gasteiger partial charge < -0.3 is 5.43 Å². The molecular weight excluding hydrogens is 250 g/mol. The van der Waals surface area contributed by atoms with Crippen molar-refractivity contribution in [3.05, 3.63) is 33.9 Å². The lowest BCUT2D eigenvalue weighted by Crippen LogP contribution is -2.09. The molecule has 3 N–H and O–H groups in total. The van der Waals surface area contributed by atoms with Crippen molar-refractivity contribution >= 4 is 23.1 Å². The summed E-state index contributed by atoms with van der Waals surface area (Å²) < 4.78 is 0. The molecule has 1 rings (SSSR count). The number of nitrogen functional groups attached to an aromatic ring is 1. The van der Waals surface area contributed by atoms with Crippen LogP contribution in [0.4, 0.5) is 11.4 Å². The van der Waals surface area contributed by atoms with Crippen molar-refractivity contribution in [2.24, 2.45) is 11.8 Å². The number of hydrogen-bond donors (Lipinski definition) is 2. The van der Waals surface area contributed by atoms with Gasteiger partial charge in [0.25, 0.3) is 5.69 Å². The normalized spacial score (nSPS) is 10.7. The van der Waals surface area contributed by atoms with Gasteiger partial charge in [0.1, 0.15) is 5.69 Å². The third kappa shape index (κ3) is 4.54. The Hall–Kier alpha value is -1.27. The van der Waals surface area contributed by atoms with Gasteiger partial charge in [-0.3, -0.25) is 16.0 Å². The lowest BCUT2D eigenvalue weighted by Gasteiger charge is -2.06. The van der Waals surface area contributed by atoms with E-state index in [-0.39, 0.29) is 5.69 Å². The zero-order chi connectivity index (χ0) is 13.5. The maximum Gasteiger partial charge on any atom is 0.293 e. The molecule has 0 atom stereocenters. The van der Waals surface area contributed by atoms with Crippen LogP contribution in [0.15, 0.2) is 18.2 Å². The fourth-order valence-electron chi connectivity index (χ4n) is 1.45. The van der Waals surface area contributed by atoms with Gasteiger partial charge in [0.15, 0.2) is 0 Å². The molecule has 0 radical (unpaired) electrons. The average molecular weight is 269 g/mol. The summed E-state index contributed by atoms with van der Waals surface area (Å²) in [6, 6.07) is 5.10. The minimum Gasteiger partial charge on any atom is -0.318 e. The van der Waals surface area contributed by atoms with Crippen molar-refractivity contribution in [3.8, 4) is 0 Å². The van der Waals surface area contributed by atoms with E-state index in [0.717, 1.165) is 23.5 Å². The van der Waals surface area contributed by atoms with Crippen LogP contribution in [0.1, 0.15) is 25.8 Å². The number of hydrogen-bond acceptors (Lipinski definition) is 5. The number of nitro groups is 1. The Balaban J connectivity index is 2.62. The highest BCUT2D eigenvalue weighted by Gasteiger charge is 2.13. The van der Waals surface area contributed by atoms with Gasteiger partial charge in [-0.25, -0.2) is 0 Å².